The molecule has 14 nitrogen and oxygen atoms in total. The van der Waals surface area contributed by atoms with Crippen LogP contribution in [0.5, 0.6) is 0 Å². The lowest BCUT2D eigenvalue weighted by Gasteiger charge is -2.09. The number of rotatable bonds is 38. The third kappa shape index (κ3) is 38.7. The molecule has 0 fully saturated rings. The van der Waals surface area contributed by atoms with Crippen molar-refractivity contribution in [1.82, 2.24) is 0 Å². The first-order valence-electron chi connectivity index (χ1n) is 15.0. The second kappa shape index (κ2) is 38.8. The van der Waals surface area contributed by atoms with Gasteiger partial charge in [-0.1, -0.05) is 6.58 Å². The molecule has 43 heavy (non-hydrogen) atoms. The Morgan fingerprint density at radius 2 is 0.558 bits per heavy atom. The summed E-state index contributed by atoms with van der Waals surface area (Å²) in [6.07, 6.45) is 1.11. The van der Waals surface area contributed by atoms with Crippen LogP contribution in [0.25, 0.3) is 0 Å². The average molecular weight is 629 g/mol. The largest absolute Gasteiger partial charge is 0.460 e. The van der Waals surface area contributed by atoms with E-state index in [1.807, 2.05) is 6.92 Å². The van der Waals surface area contributed by atoms with Crippen LogP contribution in [0.15, 0.2) is 12.7 Å². The summed E-state index contributed by atoms with van der Waals surface area (Å²) in [5.74, 6) is -0.459. The second-order valence-electron chi connectivity index (χ2n) is 8.30. The lowest BCUT2D eigenvalue weighted by molar-refractivity contribution is -0.139. The Bertz CT molecular complexity index is 555. The number of hydrogen-bond donors (Lipinski definition) is 0. The highest BCUT2D eigenvalue weighted by Gasteiger charge is 1.97. The topological polar surface area (TPSA) is 137 Å². The van der Waals surface area contributed by atoms with Gasteiger partial charge in [-0.3, -0.25) is 0 Å². The third-order valence-electron chi connectivity index (χ3n) is 4.93. The van der Waals surface area contributed by atoms with Crippen molar-refractivity contribution in [2.45, 2.75) is 6.92 Å². The van der Waals surface area contributed by atoms with Gasteiger partial charge in [0.15, 0.2) is 0 Å². The molecule has 0 saturated heterocycles. The molecule has 0 unspecified atom stereocenters. The van der Waals surface area contributed by atoms with Gasteiger partial charge in [-0.2, -0.15) is 0 Å². The van der Waals surface area contributed by atoms with E-state index in [-0.39, 0.29) is 6.61 Å². The zero-order valence-electron chi connectivity index (χ0n) is 26.2. The molecule has 0 aromatic heterocycles. The van der Waals surface area contributed by atoms with Crippen molar-refractivity contribution in [1.29, 1.82) is 0 Å². The summed E-state index contributed by atoms with van der Waals surface area (Å²) in [7, 11) is 0. The van der Waals surface area contributed by atoms with Crippen LogP contribution in [0.2, 0.25) is 0 Å². The number of esters is 1. The van der Waals surface area contributed by atoms with E-state index in [9.17, 15) is 4.79 Å². The van der Waals surface area contributed by atoms with E-state index in [2.05, 4.69) is 6.58 Å². The number of carbonyl (C=O) groups is 1. The van der Waals surface area contributed by atoms with Crippen LogP contribution in [0.3, 0.4) is 0 Å². The predicted octanol–water partition coefficient (Wildman–Crippen LogP) is 0.935. The maximum atomic E-state index is 10.8. The Hall–Kier alpha value is -1.27. The van der Waals surface area contributed by atoms with Crippen LogP contribution >= 0.6 is 0 Å². The minimum atomic E-state index is -0.459. The van der Waals surface area contributed by atoms with Crippen molar-refractivity contribution in [3.63, 3.8) is 0 Å². The van der Waals surface area contributed by atoms with Gasteiger partial charge in [-0.05, 0) is 6.92 Å². The Balaban J connectivity index is 3.04. The summed E-state index contributed by atoms with van der Waals surface area (Å²) >= 11 is 0. The summed E-state index contributed by atoms with van der Waals surface area (Å²) in [4.78, 5) is 10.8. The molecule has 0 atom stereocenters. The smallest absolute Gasteiger partial charge is 0.330 e. The quantitative estimate of drug-likeness (QED) is 0.0545. The van der Waals surface area contributed by atoms with Crippen molar-refractivity contribution in [3.8, 4) is 0 Å². The molecule has 0 aliphatic carbocycles. The molecular weight excluding hydrogens is 572 g/mol. The van der Waals surface area contributed by atoms with Gasteiger partial charge in [-0.15, -0.1) is 0 Å². The van der Waals surface area contributed by atoms with Crippen LogP contribution in [-0.4, -0.2) is 171 Å². The molecule has 0 spiro atoms. The van der Waals surface area contributed by atoms with Crippen LogP contribution in [-0.2, 0) is 66.4 Å². The molecule has 0 aliphatic rings. The van der Waals surface area contributed by atoms with E-state index in [4.69, 9.17) is 61.6 Å². The summed E-state index contributed by atoms with van der Waals surface area (Å²) < 4.78 is 69.5. The van der Waals surface area contributed by atoms with Gasteiger partial charge < -0.3 is 61.6 Å². The van der Waals surface area contributed by atoms with E-state index in [1.54, 1.807) is 0 Å². The van der Waals surface area contributed by atoms with Gasteiger partial charge in [0.1, 0.15) is 6.61 Å². The highest BCUT2D eigenvalue weighted by atomic mass is 16.6. The fourth-order valence-electron chi connectivity index (χ4n) is 2.82. The van der Waals surface area contributed by atoms with Crippen molar-refractivity contribution < 1.29 is 66.4 Å². The molecule has 0 radical (unpaired) electrons. The van der Waals surface area contributed by atoms with E-state index >= 15 is 0 Å². The van der Waals surface area contributed by atoms with Crippen molar-refractivity contribution in [3.05, 3.63) is 12.7 Å². The number of carbonyl (C=O) groups excluding carboxylic acids is 1. The Kier molecular flexibility index (Phi) is 37.6. The molecule has 0 bridgehead atoms. The maximum absolute atomic E-state index is 10.8. The zero-order chi connectivity index (χ0) is 31.2. The lowest BCUT2D eigenvalue weighted by Crippen LogP contribution is -2.15. The molecule has 0 N–H and O–H groups in total. The van der Waals surface area contributed by atoms with E-state index < -0.39 is 5.97 Å². The van der Waals surface area contributed by atoms with Crippen molar-refractivity contribution in [2.75, 3.05) is 165 Å². The lowest BCUT2D eigenvalue weighted by atomic mass is 10.6. The summed E-state index contributed by atoms with van der Waals surface area (Å²) in [6, 6.07) is 0. The van der Waals surface area contributed by atoms with Gasteiger partial charge in [0.05, 0.1) is 152 Å². The monoisotopic (exact) mass is 628 g/mol. The summed E-state index contributed by atoms with van der Waals surface area (Å²) in [6.45, 7) is 17.7. The van der Waals surface area contributed by atoms with E-state index in [0.717, 1.165) is 6.08 Å². The predicted molar refractivity (Wildman–Crippen MR) is 157 cm³/mol. The zero-order valence-corrected chi connectivity index (χ0v) is 26.2. The Morgan fingerprint density at radius 1 is 0.372 bits per heavy atom. The molecule has 0 aromatic rings. The molecule has 0 saturated carbocycles. The van der Waals surface area contributed by atoms with Crippen LogP contribution in [0, 0.1) is 0 Å². The highest BCUT2D eigenvalue weighted by Crippen LogP contribution is 1.88. The molecule has 256 valence electrons. The molecular formula is C29H56O14. The van der Waals surface area contributed by atoms with Gasteiger partial charge in [-0.25, -0.2) is 4.79 Å². The number of hydrogen-bond acceptors (Lipinski definition) is 14. The SMILES string of the molecule is C=CC(=O)OCCOCCOCCOCCOCCOCCOCCOCCOCCOCCOCCOCCOCC. The maximum Gasteiger partial charge on any atom is 0.330 e. The highest BCUT2D eigenvalue weighted by molar-refractivity contribution is 5.81. The molecule has 0 rings (SSSR count). The first-order valence-corrected chi connectivity index (χ1v) is 15.0. The third-order valence-corrected chi connectivity index (χ3v) is 4.93. The van der Waals surface area contributed by atoms with Gasteiger partial charge in [0.2, 0.25) is 0 Å². The fourth-order valence-corrected chi connectivity index (χ4v) is 2.82. The fraction of sp³-hybridized carbons (Fsp3) is 0.897. The minimum absolute atomic E-state index is 0.198. The molecule has 0 heterocycles. The molecule has 14 heteroatoms. The normalized spacial score (nSPS) is 11.3. The standard InChI is InChI=1S/C29H56O14/c1-3-29(30)43-28-27-42-26-25-41-24-23-40-22-21-39-20-19-38-18-17-37-16-15-36-14-13-35-12-11-34-10-9-33-8-7-32-6-5-31-4-2/h3H,1,4-28H2,2H3. The first-order chi connectivity index (χ1) is 21.3. The average Bonchev–Trinajstić information content (AvgIpc) is 3.02. The van der Waals surface area contributed by atoms with E-state index in [1.165, 1.54) is 0 Å². The Morgan fingerprint density at radius 3 is 0.744 bits per heavy atom. The molecule has 0 aliphatic heterocycles. The van der Waals surface area contributed by atoms with Crippen LogP contribution in [0.4, 0.5) is 0 Å². The van der Waals surface area contributed by atoms with Crippen molar-refractivity contribution in [2.24, 2.45) is 0 Å². The van der Waals surface area contributed by atoms with E-state index in [0.29, 0.717) is 159 Å². The van der Waals surface area contributed by atoms with Gasteiger partial charge in [0.25, 0.3) is 0 Å². The van der Waals surface area contributed by atoms with Crippen molar-refractivity contribution >= 4 is 5.97 Å². The summed E-state index contributed by atoms with van der Waals surface area (Å²) in [5.41, 5.74) is 0. The number of ether oxygens (including phenoxy) is 13. The summed E-state index contributed by atoms with van der Waals surface area (Å²) in [5, 5.41) is 0. The van der Waals surface area contributed by atoms with Crippen LogP contribution < -0.4 is 0 Å². The van der Waals surface area contributed by atoms with Gasteiger partial charge in [0, 0.05) is 12.7 Å². The second-order valence-corrected chi connectivity index (χ2v) is 8.30. The molecule has 0 aromatic carbocycles. The van der Waals surface area contributed by atoms with Crippen LogP contribution in [0.1, 0.15) is 6.92 Å². The minimum Gasteiger partial charge on any atom is -0.460 e. The first kappa shape index (κ1) is 41.7. The van der Waals surface area contributed by atoms with Gasteiger partial charge >= 0.3 is 5.97 Å². The molecule has 0 amide bonds. The Labute approximate surface area is 257 Å².